The summed E-state index contributed by atoms with van der Waals surface area (Å²) in [5, 5.41) is 0. The predicted octanol–water partition coefficient (Wildman–Crippen LogP) is 4.16. The molecule has 0 N–H and O–H groups in total. The summed E-state index contributed by atoms with van der Waals surface area (Å²) in [4.78, 5) is 9.33. The Labute approximate surface area is 127 Å². The van der Waals surface area contributed by atoms with Crippen LogP contribution in [0.25, 0.3) is 0 Å². The second-order valence-electron chi connectivity index (χ2n) is 6.66. The van der Waals surface area contributed by atoms with Crippen LogP contribution in [0, 0.1) is 0 Å². The van der Waals surface area contributed by atoms with Crippen LogP contribution in [0.1, 0.15) is 49.6 Å². The Hall–Kier alpha value is -1.96. The minimum Gasteiger partial charge on any atom is -0.284 e. The first-order chi connectivity index (χ1) is 10.1. The third kappa shape index (κ3) is 2.90. The molecule has 0 aliphatic carbocycles. The maximum Gasteiger partial charge on any atom is 0.0737 e. The summed E-state index contributed by atoms with van der Waals surface area (Å²) < 4.78 is 0. The molecule has 0 saturated carbocycles. The van der Waals surface area contributed by atoms with E-state index in [0.29, 0.717) is 0 Å². The molecule has 1 aromatic heterocycles. The summed E-state index contributed by atoms with van der Waals surface area (Å²) in [5.41, 5.74) is 6.19. The molecule has 21 heavy (non-hydrogen) atoms. The average Bonchev–Trinajstić information content (AvgIpc) is 2.69. The number of pyridine rings is 1. The molecule has 3 rings (SSSR count). The second kappa shape index (κ2) is 5.44. The first kappa shape index (κ1) is 14.0. The van der Waals surface area contributed by atoms with Crippen LogP contribution in [0.5, 0.6) is 0 Å². The zero-order valence-electron chi connectivity index (χ0n) is 13.1. The quantitative estimate of drug-likeness (QED) is 0.769. The molecule has 2 nitrogen and oxygen atoms in total. The van der Waals surface area contributed by atoms with Crippen LogP contribution in [-0.4, -0.2) is 17.2 Å². The highest BCUT2D eigenvalue weighted by Crippen LogP contribution is 2.24. The van der Waals surface area contributed by atoms with Gasteiger partial charge in [0, 0.05) is 29.6 Å². The van der Waals surface area contributed by atoms with Gasteiger partial charge in [0.2, 0.25) is 0 Å². The molecule has 0 fully saturated rings. The van der Waals surface area contributed by atoms with Crippen molar-refractivity contribution in [2.24, 2.45) is 4.99 Å². The molecule has 0 amide bonds. The van der Waals surface area contributed by atoms with E-state index in [4.69, 9.17) is 4.99 Å². The summed E-state index contributed by atoms with van der Waals surface area (Å²) in [6.07, 6.45) is 3.97. The molecular formula is C19H22N2. The number of nitrogens with zero attached hydrogens (tertiary/aromatic N) is 2. The van der Waals surface area contributed by atoms with Crippen molar-refractivity contribution in [2.75, 3.05) is 6.54 Å². The van der Waals surface area contributed by atoms with Gasteiger partial charge >= 0.3 is 0 Å². The van der Waals surface area contributed by atoms with E-state index in [1.165, 1.54) is 22.4 Å². The van der Waals surface area contributed by atoms with E-state index in [2.05, 4.69) is 56.1 Å². The zero-order chi connectivity index (χ0) is 14.9. The van der Waals surface area contributed by atoms with Gasteiger partial charge in [-0.2, -0.15) is 0 Å². The molecule has 2 heteroatoms. The molecular weight excluding hydrogens is 256 g/mol. The van der Waals surface area contributed by atoms with Gasteiger partial charge in [0.25, 0.3) is 0 Å². The van der Waals surface area contributed by atoms with Crippen molar-refractivity contribution >= 4 is 5.71 Å². The van der Waals surface area contributed by atoms with Gasteiger partial charge in [0.1, 0.15) is 0 Å². The average molecular weight is 278 g/mol. The van der Waals surface area contributed by atoms with Crippen molar-refractivity contribution in [3.8, 4) is 0 Å². The number of benzene rings is 1. The lowest BCUT2D eigenvalue weighted by molar-refractivity contribution is 0.590. The summed E-state index contributed by atoms with van der Waals surface area (Å²) in [6.45, 7) is 7.60. The molecule has 0 unspecified atom stereocenters. The monoisotopic (exact) mass is 278 g/mol. The molecule has 108 valence electrons. The molecule has 0 spiro atoms. The van der Waals surface area contributed by atoms with Crippen LogP contribution >= 0.6 is 0 Å². The second-order valence-corrected chi connectivity index (χ2v) is 6.66. The van der Waals surface area contributed by atoms with Crippen molar-refractivity contribution in [2.45, 2.75) is 39.0 Å². The molecule has 2 heterocycles. The maximum absolute atomic E-state index is 4.80. The highest BCUT2D eigenvalue weighted by atomic mass is 14.8. The van der Waals surface area contributed by atoms with Crippen LogP contribution in [0.2, 0.25) is 0 Å². The summed E-state index contributed by atoms with van der Waals surface area (Å²) >= 11 is 0. The van der Waals surface area contributed by atoms with Crippen LogP contribution in [0.15, 0.2) is 47.6 Å². The Bertz CT molecular complexity index is 661. The fourth-order valence-electron chi connectivity index (χ4n) is 2.75. The van der Waals surface area contributed by atoms with E-state index in [-0.39, 0.29) is 5.41 Å². The topological polar surface area (TPSA) is 25.2 Å². The van der Waals surface area contributed by atoms with E-state index in [1.54, 1.807) is 0 Å². The molecule has 0 saturated heterocycles. The number of aliphatic imine (C=N–C) groups is 1. The standard InChI is InChI=1S/C19H22N2/c1-19(2,3)15-10-8-14(9-11-15)18-16-6-4-12-20-17(16)7-5-13-21-18/h4,6,8-12H,5,7,13H2,1-3H3. The Balaban J connectivity index is 2.02. The van der Waals surface area contributed by atoms with Gasteiger partial charge in [-0.25, -0.2) is 0 Å². The van der Waals surface area contributed by atoms with Crippen LogP contribution in [-0.2, 0) is 11.8 Å². The van der Waals surface area contributed by atoms with Gasteiger partial charge in [0.15, 0.2) is 0 Å². The van der Waals surface area contributed by atoms with Gasteiger partial charge in [-0.1, -0.05) is 45.0 Å². The molecule has 0 atom stereocenters. The van der Waals surface area contributed by atoms with Crippen molar-refractivity contribution in [3.63, 3.8) is 0 Å². The van der Waals surface area contributed by atoms with Gasteiger partial charge < -0.3 is 0 Å². The number of aromatic nitrogens is 1. The van der Waals surface area contributed by atoms with Crippen LogP contribution in [0.3, 0.4) is 0 Å². The zero-order valence-corrected chi connectivity index (χ0v) is 13.1. The highest BCUT2D eigenvalue weighted by Gasteiger charge is 2.17. The smallest absolute Gasteiger partial charge is 0.0737 e. The third-order valence-electron chi connectivity index (χ3n) is 4.01. The van der Waals surface area contributed by atoms with Crippen LogP contribution in [0.4, 0.5) is 0 Å². The number of aryl methyl sites for hydroxylation is 1. The number of hydrogen-bond acceptors (Lipinski definition) is 2. The normalized spacial score (nSPS) is 15.1. The van der Waals surface area contributed by atoms with E-state index in [9.17, 15) is 0 Å². The Morgan fingerprint density at radius 2 is 1.76 bits per heavy atom. The summed E-state index contributed by atoms with van der Waals surface area (Å²) in [6, 6.07) is 13.0. The molecule has 1 aliphatic heterocycles. The fourth-order valence-corrected chi connectivity index (χ4v) is 2.75. The minimum absolute atomic E-state index is 0.184. The Kier molecular flexibility index (Phi) is 3.62. The van der Waals surface area contributed by atoms with Gasteiger partial charge in [-0.3, -0.25) is 9.98 Å². The number of fused-ring (bicyclic) bond motifs is 1. The molecule has 1 aromatic carbocycles. The van der Waals surface area contributed by atoms with Gasteiger partial charge in [-0.15, -0.1) is 0 Å². The highest BCUT2D eigenvalue weighted by molar-refractivity contribution is 6.13. The third-order valence-corrected chi connectivity index (χ3v) is 4.01. The maximum atomic E-state index is 4.80. The summed E-state index contributed by atoms with van der Waals surface area (Å²) in [5.74, 6) is 0. The van der Waals surface area contributed by atoms with Crippen molar-refractivity contribution in [1.29, 1.82) is 0 Å². The molecule has 1 aliphatic rings. The lowest BCUT2D eigenvalue weighted by Gasteiger charge is -2.19. The van der Waals surface area contributed by atoms with Crippen molar-refractivity contribution in [3.05, 3.63) is 65.0 Å². The SMILES string of the molecule is CC(C)(C)c1ccc(C2=NCCCc3ncccc32)cc1. The molecule has 0 radical (unpaired) electrons. The first-order valence-electron chi connectivity index (χ1n) is 7.65. The van der Waals surface area contributed by atoms with Gasteiger partial charge in [0.05, 0.1) is 5.71 Å². The first-order valence-corrected chi connectivity index (χ1v) is 7.65. The predicted molar refractivity (Wildman–Crippen MR) is 88.2 cm³/mol. The van der Waals surface area contributed by atoms with E-state index < -0.39 is 0 Å². The van der Waals surface area contributed by atoms with E-state index in [0.717, 1.165) is 25.1 Å². The van der Waals surface area contributed by atoms with Crippen molar-refractivity contribution in [1.82, 2.24) is 4.98 Å². The minimum atomic E-state index is 0.184. The fraction of sp³-hybridized carbons (Fsp3) is 0.368. The molecule has 2 aromatic rings. The Morgan fingerprint density at radius 1 is 1.00 bits per heavy atom. The summed E-state index contributed by atoms with van der Waals surface area (Å²) in [7, 11) is 0. The molecule has 0 bridgehead atoms. The van der Waals surface area contributed by atoms with Gasteiger partial charge in [-0.05, 0) is 36.0 Å². The lowest BCUT2D eigenvalue weighted by Crippen LogP contribution is -2.12. The van der Waals surface area contributed by atoms with E-state index in [1.807, 2.05) is 12.3 Å². The lowest BCUT2D eigenvalue weighted by atomic mass is 9.86. The largest absolute Gasteiger partial charge is 0.284 e. The number of hydrogen-bond donors (Lipinski definition) is 0. The Morgan fingerprint density at radius 3 is 2.48 bits per heavy atom. The van der Waals surface area contributed by atoms with E-state index >= 15 is 0 Å². The van der Waals surface area contributed by atoms with Crippen molar-refractivity contribution < 1.29 is 0 Å². The number of rotatable bonds is 1. The van der Waals surface area contributed by atoms with Crippen LogP contribution < -0.4 is 0 Å².